The number of carbonyl (C=O) groups is 1. The van der Waals surface area contributed by atoms with Gasteiger partial charge in [0.25, 0.3) is 0 Å². The van der Waals surface area contributed by atoms with Crippen LogP contribution >= 0.6 is 0 Å². The Labute approximate surface area is 133 Å². The maximum Gasteiger partial charge on any atom is 0.236 e. The maximum absolute atomic E-state index is 12.4. The highest BCUT2D eigenvalue weighted by Gasteiger charge is 2.21. The number of rotatable bonds is 7. The van der Waals surface area contributed by atoms with Gasteiger partial charge in [-0.1, -0.05) is 19.9 Å². The Morgan fingerprint density at radius 1 is 1.14 bits per heavy atom. The van der Waals surface area contributed by atoms with E-state index in [1.165, 1.54) is 0 Å². The molecule has 5 nitrogen and oxygen atoms in total. The Kier molecular flexibility index (Phi) is 6.65. The highest BCUT2D eigenvalue weighted by Crippen LogP contribution is 2.12. The Morgan fingerprint density at radius 2 is 1.82 bits per heavy atom. The largest absolute Gasteiger partial charge is 0.354 e. The van der Waals surface area contributed by atoms with E-state index in [2.05, 4.69) is 28.6 Å². The first-order valence-corrected chi connectivity index (χ1v) is 8.40. The lowest BCUT2D eigenvalue weighted by molar-refractivity contribution is -0.132. The molecule has 0 aromatic carbocycles. The van der Waals surface area contributed by atoms with Gasteiger partial charge in [-0.15, -0.1) is 0 Å². The predicted molar refractivity (Wildman–Crippen MR) is 90.1 cm³/mol. The zero-order chi connectivity index (χ0) is 15.8. The van der Waals surface area contributed by atoms with Crippen molar-refractivity contribution in [3.63, 3.8) is 0 Å². The summed E-state index contributed by atoms with van der Waals surface area (Å²) < 4.78 is 0. The first-order chi connectivity index (χ1) is 10.7. The van der Waals surface area contributed by atoms with Crippen LogP contribution in [0.2, 0.25) is 0 Å². The van der Waals surface area contributed by atoms with E-state index in [-0.39, 0.29) is 5.91 Å². The van der Waals surface area contributed by atoms with Gasteiger partial charge < -0.3 is 9.80 Å². The summed E-state index contributed by atoms with van der Waals surface area (Å²) in [4.78, 5) is 23.4. The SMILES string of the molecule is CCCN(CCC)C(=O)CN1CCN(c2ccccn2)CC1. The molecule has 1 saturated heterocycles. The Morgan fingerprint density at radius 3 is 2.36 bits per heavy atom. The quantitative estimate of drug-likeness (QED) is 0.771. The maximum atomic E-state index is 12.4. The van der Waals surface area contributed by atoms with E-state index in [1.807, 2.05) is 29.3 Å². The van der Waals surface area contributed by atoms with E-state index >= 15 is 0 Å². The smallest absolute Gasteiger partial charge is 0.236 e. The van der Waals surface area contributed by atoms with E-state index in [4.69, 9.17) is 0 Å². The molecule has 0 atom stereocenters. The van der Waals surface area contributed by atoms with Gasteiger partial charge in [0.2, 0.25) is 5.91 Å². The van der Waals surface area contributed by atoms with Crippen LogP contribution in [-0.2, 0) is 4.79 Å². The normalized spacial score (nSPS) is 15.8. The summed E-state index contributed by atoms with van der Waals surface area (Å²) in [7, 11) is 0. The predicted octanol–water partition coefficient (Wildman–Crippen LogP) is 1.85. The van der Waals surface area contributed by atoms with Crippen LogP contribution in [0.5, 0.6) is 0 Å². The molecular weight excluding hydrogens is 276 g/mol. The monoisotopic (exact) mass is 304 g/mol. The van der Waals surface area contributed by atoms with Crippen molar-refractivity contribution >= 4 is 11.7 Å². The number of pyridine rings is 1. The lowest BCUT2D eigenvalue weighted by Gasteiger charge is -2.36. The second-order valence-electron chi connectivity index (χ2n) is 5.83. The molecule has 0 radical (unpaired) electrons. The second-order valence-corrected chi connectivity index (χ2v) is 5.83. The molecule has 0 unspecified atom stereocenters. The summed E-state index contributed by atoms with van der Waals surface area (Å²) in [6, 6.07) is 6.01. The molecule has 1 aliphatic heterocycles. The minimum absolute atomic E-state index is 0.273. The first kappa shape index (κ1) is 16.7. The summed E-state index contributed by atoms with van der Waals surface area (Å²) in [6.45, 7) is 10.3. The van der Waals surface area contributed by atoms with Crippen LogP contribution in [0.15, 0.2) is 24.4 Å². The minimum atomic E-state index is 0.273. The van der Waals surface area contributed by atoms with Gasteiger partial charge in [-0.25, -0.2) is 4.98 Å². The number of nitrogens with zero attached hydrogens (tertiary/aromatic N) is 4. The highest BCUT2D eigenvalue weighted by molar-refractivity contribution is 5.78. The summed E-state index contributed by atoms with van der Waals surface area (Å²) in [5, 5.41) is 0. The van der Waals surface area contributed by atoms with Crippen molar-refractivity contribution in [1.29, 1.82) is 0 Å². The number of piperazine rings is 1. The first-order valence-electron chi connectivity index (χ1n) is 8.40. The molecule has 1 amide bonds. The van der Waals surface area contributed by atoms with Gasteiger partial charge in [0.05, 0.1) is 6.54 Å². The van der Waals surface area contributed by atoms with E-state index in [0.717, 1.165) is 57.9 Å². The lowest BCUT2D eigenvalue weighted by atomic mass is 10.2. The molecule has 0 N–H and O–H groups in total. The van der Waals surface area contributed by atoms with Crippen LogP contribution in [0.1, 0.15) is 26.7 Å². The van der Waals surface area contributed by atoms with Crippen molar-refractivity contribution in [3.05, 3.63) is 24.4 Å². The lowest BCUT2D eigenvalue weighted by Crippen LogP contribution is -2.50. The van der Waals surface area contributed by atoms with Gasteiger partial charge in [0.1, 0.15) is 5.82 Å². The summed E-state index contributed by atoms with van der Waals surface area (Å²) in [6.07, 6.45) is 3.89. The van der Waals surface area contributed by atoms with E-state index in [1.54, 1.807) is 0 Å². The molecule has 1 aromatic heterocycles. The number of amides is 1. The minimum Gasteiger partial charge on any atom is -0.354 e. The number of carbonyl (C=O) groups excluding carboxylic acids is 1. The van der Waals surface area contributed by atoms with Gasteiger partial charge in [-0.05, 0) is 25.0 Å². The van der Waals surface area contributed by atoms with Crippen LogP contribution in [0.4, 0.5) is 5.82 Å². The number of anilines is 1. The topological polar surface area (TPSA) is 39.7 Å². The Balaban J connectivity index is 1.80. The number of hydrogen-bond acceptors (Lipinski definition) is 4. The van der Waals surface area contributed by atoms with E-state index in [0.29, 0.717) is 6.54 Å². The molecule has 122 valence electrons. The van der Waals surface area contributed by atoms with Crippen molar-refractivity contribution in [3.8, 4) is 0 Å². The van der Waals surface area contributed by atoms with E-state index in [9.17, 15) is 4.79 Å². The molecule has 0 bridgehead atoms. The van der Waals surface area contributed by atoms with Gasteiger partial charge in [0.15, 0.2) is 0 Å². The van der Waals surface area contributed by atoms with Crippen molar-refractivity contribution in [2.75, 3.05) is 50.7 Å². The molecule has 0 spiro atoms. The van der Waals surface area contributed by atoms with Gasteiger partial charge >= 0.3 is 0 Å². The van der Waals surface area contributed by atoms with Crippen LogP contribution < -0.4 is 4.90 Å². The average molecular weight is 304 g/mol. The molecule has 5 heteroatoms. The second kappa shape index (κ2) is 8.73. The average Bonchev–Trinajstić information content (AvgIpc) is 2.56. The summed E-state index contributed by atoms with van der Waals surface area (Å²) >= 11 is 0. The van der Waals surface area contributed by atoms with Crippen molar-refractivity contribution < 1.29 is 4.79 Å². The van der Waals surface area contributed by atoms with Gasteiger partial charge in [0, 0.05) is 45.5 Å². The van der Waals surface area contributed by atoms with Crippen molar-refractivity contribution in [1.82, 2.24) is 14.8 Å². The zero-order valence-electron chi connectivity index (χ0n) is 13.9. The third kappa shape index (κ3) is 4.70. The summed E-state index contributed by atoms with van der Waals surface area (Å²) in [5.41, 5.74) is 0. The molecule has 2 rings (SSSR count). The number of hydrogen-bond donors (Lipinski definition) is 0. The van der Waals surface area contributed by atoms with Crippen LogP contribution in [-0.4, -0.2) is 66.5 Å². The third-order valence-electron chi connectivity index (χ3n) is 4.04. The van der Waals surface area contributed by atoms with Gasteiger partial charge in [-0.3, -0.25) is 9.69 Å². The molecule has 2 heterocycles. The van der Waals surface area contributed by atoms with Crippen molar-refractivity contribution in [2.45, 2.75) is 26.7 Å². The Bertz CT molecular complexity index is 437. The van der Waals surface area contributed by atoms with E-state index < -0.39 is 0 Å². The van der Waals surface area contributed by atoms with Crippen molar-refractivity contribution in [2.24, 2.45) is 0 Å². The molecule has 0 saturated carbocycles. The molecule has 1 aliphatic rings. The molecular formula is C17H28N4O. The fraction of sp³-hybridized carbons (Fsp3) is 0.647. The zero-order valence-corrected chi connectivity index (χ0v) is 13.9. The molecule has 22 heavy (non-hydrogen) atoms. The van der Waals surface area contributed by atoms with Gasteiger partial charge in [-0.2, -0.15) is 0 Å². The Hall–Kier alpha value is -1.62. The fourth-order valence-electron chi connectivity index (χ4n) is 2.87. The molecule has 0 aliphatic carbocycles. The summed E-state index contributed by atoms with van der Waals surface area (Å²) in [5.74, 6) is 1.31. The van der Waals surface area contributed by atoms with Crippen LogP contribution in [0.25, 0.3) is 0 Å². The third-order valence-corrected chi connectivity index (χ3v) is 4.04. The fourth-order valence-corrected chi connectivity index (χ4v) is 2.87. The number of aromatic nitrogens is 1. The van der Waals surface area contributed by atoms with Crippen LogP contribution in [0.3, 0.4) is 0 Å². The highest BCUT2D eigenvalue weighted by atomic mass is 16.2. The molecule has 1 aromatic rings. The standard InChI is InChI=1S/C17H28N4O/c1-3-9-21(10-4-2)17(22)15-19-11-13-20(14-12-19)16-7-5-6-8-18-16/h5-8H,3-4,9-15H2,1-2H3. The van der Waals surface area contributed by atoms with Crippen LogP contribution in [0, 0.1) is 0 Å². The molecule has 1 fully saturated rings.